The van der Waals surface area contributed by atoms with Gasteiger partial charge in [-0.15, -0.1) is 0 Å². The number of fused-ring (bicyclic) bond motifs is 1. The molecule has 4 aromatic rings. The van der Waals surface area contributed by atoms with Crippen LogP contribution >= 0.6 is 11.6 Å². The van der Waals surface area contributed by atoms with E-state index in [1.165, 1.54) is 12.1 Å². The summed E-state index contributed by atoms with van der Waals surface area (Å²) in [5.74, 6) is -1.10. The van der Waals surface area contributed by atoms with Gasteiger partial charge in [0, 0.05) is 34.4 Å². The molecule has 0 spiro atoms. The van der Waals surface area contributed by atoms with Gasteiger partial charge >= 0.3 is 11.8 Å². The summed E-state index contributed by atoms with van der Waals surface area (Å²) < 4.78 is 33.0. The molecule has 0 saturated carbocycles. The van der Waals surface area contributed by atoms with Crippen LogP contribution in [0.3, 0.4) is 0 Å². The largest absolute Gasteiger partial charge is 0.493 e. The molecule has 42 heavy (non-hydrogen) atoms. The molecule has 2 heterocycles. The second-order valence-electron chi connectivity index (χ2n) is 9.93. The van der Waals surface area contributed by atoms with E-state index in [0.717, 1.165) is 36.9 Å². The van der Waals surface area contributed by atoms with Crippen LogP contribution in [0, 0.1) is 11.7 Å². The van der Waals surface area contributed by atoms with Crippen LogP contribution in [0.15, 0.2) is 66.9 Å². The number of carbonyl (C=O) groups is 2. The third-order valence-corrected chi connectivity index (χ3v) is 7.33. The fourth-order valence-corrected chi connectivity index (χ4v) is 4.92. The summed E-state index contributed by atoms with van der Waals surface area (Å²) in [6, 6.07) is 15.8. The van der Waals surface area contributed by atoms with Crippen molar-refractivity contribution in [2.75, 3.05) is 31.7 Å². The highest BCUT2D eigenvalue weighted by Crippen LogP contribution is 2.38. The van der Waals surface area contributed by atoms with E-state index < -0.39 is 17.6 Å². The minimum atomic E-state index is -1.17. The molecule has 0 aliphatic carbocycles. The number of aromatic nitrogens is 1. The van der Waals surface area contributed by atoms with Crippen molar-refractivity contribution in [2.24, 2.45) is 11.7 Å². The van der Waals surface area contributed by atoms with Gasteiger partial charge in [-0.05, 0) is 73.8 Å². The quantitative estimate of drug-likeness (QED) is 0.256. The minimum absolute atomic E-state index is 0.0184. The van der Waals surface area contributed by atoms with Gasteiger partial charge in [-0.1, -0.05) is 23.7 Å². The van der Waals surface area contributed by atoms with Gasteiger partial charge in [0.15, 0.2) is 23.1 Å². The van der Waals surface area contributed by atoms with Gasteiger partial charge in [-0.25, -0.2) is 4.39 Å². The number of nitrogens with two attached hydrogens (primary N) is 1. The van der Waals surface area contributed by atoms with E-state index in [0.29, 0.717) is 51.3 Å². The van der Waals surface area contributed by atoms with Crippen LogP contribution < -0.4 is 30.2 Å². The number of anilines is 1. The summed E-state index contributed by atoms with van der Waals surface area (Å²) >= 11 is 5.95. The maximum atomic E-state index is 15.4. The number of halogens is 2. The Kier molecular flexibility index (Phi) is 9.04. The van der Waals surface area contributed by atoms with Gasteiger partial charge in [-0.3, -0.25) is 19.5 Å². The van der Waals surface area contributed by atoms with Crippen molar-refractivity contribution in [1.82, 2.24) is 10.3 Å². The van der Waals surface area contributed by atoms with Crippen LogP contribution in [0.25, 0.3) is 10.9 Å². The van der Waals surface area contributed by atoms with Crippen molar-refractivity contribution in [2.45, 2.75) is 19.4 Å². The second-order valence-corrected chi connectivity index (χ2v) is 10.4. The number of carbonyl (C=O) groups excluding carboxylic acids is 2. The molecule has 1 saturated heterocycles. The Morgan fingerprint density at radius 3 is 2.48 bits per heavy atom. The number of nitrogens with zero attached hydrogens (tertiary/aromatic N) is 2. The van der Waals surface area contributed by atoms with Crippen LogP contribution in [-0.4, -0.2) is 43.6 Å². The van der Waals surface area contributed by atoms with Crippen molar-refractivity contribution in [1.29, 1.82) is 0 Å². The van der Waals surface area contributed by atoms with E-state index in [-0.39, 0.29) is 18.0 Å². The summed E-state index contributed by atoms with van der Waals surface area (Å²) in [4.78, 5) is 29.9. The SMILES string of the molecule is COc1cc2c(Oc3ccc(N(Cc4ccc(Cl)cc4)C(=O)C(N)=O)cc3F)ccnc2cc1OCC1CCNCC1. The van der Waals surface area contributed by atoms with Crippen molar-refractivity contribution in [3.63, 3.8) is 0 Å². The predicted octanol–water partition coefficient (Wildman–Crippen LogP) is 5.23. The zero-order valence-electron chi connectivity index (χ0n) is 22.9. The van der Waals surface area contributed by atoms with Gasteiger partial charge in [-0.2, -0.15) is 0 Å². The zero-order chi connectivity index (χ0) is 29.6. The number of methoxy groups -OCH3 is 1. The normalized spacial score (nSPS) is 13.5. The number of hydrogen-bond donors (Lipinski definition) is 2. The number of benzene rings is 3. The van der Waals surface area contributed by atoms with Crippen molar-refractivity contribution in [3.8, 4) is 23.0 Å². The molecule has 3 aromatic carbocycles. The molecule has 3 N–H and O–H groups in total. The lowest BCUT2D eigenvalue weighted by Crippen LogP contribution is -2.40. The smallest absolute Gasteiger partial charge is 0.316 e. The van der Waals surface area contributed by atoms with Crippen molar-refractivity contribution >= 4 is 40.0 Å². The predicted molar refractivity (Wildman–Crippen MR) is 158 cm³/mol. The molecule has 1 aromatic heterocycles. The Balaban J connectivity index is 1.39. The number of amides is 2. The molecule has 0 radical (unpaired) electrons. The van der Waals surface area contributed by atoms with Gasteiger partial charge in [0.2, 0.25) is 0 Å². The number of nitrogens with one attached hydrogen (secondary N) is 1. The summed E-state index contributed by atoms with van der Waals surface area (Å²) in [6.07, 6.45) is 3.66. The standard InChI is InChI=1S/C31H30ClFN4O5/c1-40-28-15-23-25(16-29(28)41-18-20-8-11-35-12-9-20)36-13-10-26(23)42-27-7-6-22(14-24(27)33)37(31(39)30(34)38)17-19-2-4-21(32)5-3-19/h2-7,10,13-16,20,35H,8-9,11-12,17-18H2,1H3,(H2,34,38). The molecule has 0 unspecified atom stereocenters. The molecule has 11 heteroatoms. The maximum Gasteiger partial charge on any atom is 0.316 e. The number of pyridine rings is 1. The monoisotopic (exact) mass is 592 g/mol. The minimum Gasteiger partial charge on any atom is -0.493 e. The first-order chi connectivity index (χ1) is 20.3. The molecule has 2 amide bonds. The molecule has 1 aliphatic heterocycles. The van der Waals surface area contributed by atoms with Gasteiger partial charge < -0.3 is 25.3 Å². The number of ether oxygens (including phenoxy) is 3. The number of hydrogen-bond acceptors (Lipinski definition) is 7. The second kappa shape index (κ2) is 13.1. The van der Waals surface area contributed by atoms with E-state index in [4.69, 9.17) is 31.5 Å². The van der Waals surface area contributed by atoms with Gasteiger partial charge in [0.1, 0.15) is 5.75 Å². The van der Waals surface area contributed by atoms with Crippen LogP contribution in [0.1, 0.15) is 18.4 Å². The average Bonchev–Trinajstić information content (AvgIpc) is 3.00. The summed E-state index contributed by atoms with van der Waals surface area (Å²) in [6.45, 7) is 2.51. The van der Waals surface area contributed by atoms with E-state index in [9.17, 15) is 9.59 Å². The Morgan fingerprint density at radius 1 is 1.02 bits per heavy atom. The zero-order valence-corrected chi connectivity index (χ0v) is 23.7. The average molecular weight is 593 g/mol. The summed E-state index contributed by atoms with van der Waals surface area (Å²) in [7, 11) is 1.55. The first-order valence-electron chi connectivity index (χ1n) is 13.5. The lowest BCUT2D eigenvalue weighted by molar-refractivity contribution is -0.135. The van der Waals surface area contributed by atoms with Gasteiger partial charge in [0.25, 0.3) is 0 Å². The Bertz CT molecular complexity index is 1590. The number of piperidine rings is 1. The molecule has 1 aliphatic rings. The van der Waals surface area contributed by atoms with Crippen LogP contribution in [0.5, 0.6) is 23.0 Å². The molecule has 218 valence electrons. The molecule has 5 rings (SSSR count). The van der Waals surface area contributed by atoms with Crippen LogP contribution in [0.2, 0.25) is 5.02 Å². The highest BCUT2D eigenvalue weighted by Gasteiger charge is 2.23. The highest BCUT2D eigenvalue weighted by atomic mass is 35.5. The van der Waals surface area contributed by atoms with E-state index in [1.54, 1.807) is 55.8 Å². The first-order valence-corrected chi connectivity index (χ1v) is 13.8. The summed E-state index contributed by atoms with van der Waals surface area (Å²) in [5.41, 5.74) is 6.67. The van der Waals surface area contributed by atoms with Crippen molar-refractivity contribution in [3.05, 3.63) is 83.3 Å². The number of primary amides is 1. The molecular formula is C31H30ClFN4O5. The van der Waals surface area contributed by atoms with Gasteiger partial charge in [0.05, 0.1) is 25.8 Å². The van der Waals surface area contributed by atoms with Crippen molar-refractivity contribution < 1.29 is 28.2 Å². The van der Waals surface area contributed by atoms with E-state index >= 15 is 4.39 Å². The molecule has 1 fully saturated rings. The molecule has 0 atom stereocenters. The van der Waals surface area contributed by atoms with Crippen LogP contribution in [0.4, 0.5) is 10.1 Å². The fraction of sp³-hybridized carbons (Fsp3) is 0.258. The molecule has 9 nitrogen and oxygen atoms in total. The van der Waals surface area contributed by atoms with Crippen LogP contribution in [-0.2, 0) is 16.1 Å². The fourth-order valence-electron chi connectivity index (χ4n) is 4.79. The first kappa shape index (κ1) is 29.1. The lowest BCUT2D eigenvalue weighted by atomic mass is 9.99. The Morgan fingerprint density at radius 2 is 1.79 bits per heavy atom. The topological polar surface area (TPSA) is 116 Å². The lowest BCUT2D eigenvalue weighted by Gasteiger charge is -2.23. The highest BCUT2D eigenvalue weighted by molar-refractivity contribution is 6.39. The Hall–Kier alpha value is -4.41. The van der Waals surface area contributed by atoms with E-state index in [1.807, 2.05) is 0 Å². The molecule has 0 bridgehead atoms. The number of rotatable bonds is 9. The molecular weight excluding hydrogens is 563 g/mol. The Labute approximate surface area is 247 Å². The third kappa shape index (κ3) is 6.72. The summed E-state index contributed by atoms with van der Waals surface area (Å²) in [5, 5.41) is 4.46. The maximum absolute atomic E-state index is 15.4. The third-order valence-electron chi connectivity index (χ3n) is 7.08. The van der Waals surface area contributed by atoms with E-state index in [2.05, 4.69) is 10.3 Å².